The molecule has 23 heavy (non-hydrogen) atoms. The molecule has 2 aromatic carbocycles. The number of aryl methyl sites for hydroxylation is 1. The highest BCUT2D eigenvalue weighted by molar-refractivity contribution is 7.99. The molecule has 1 saturated heterocycles. The van der Waals surface area contributed by atoms with Gasteiger partial charge in [-0.15, -0.1) is 11.8 Å². The van der Waals surface area contributed by atoms with Crippen molar-refractivity contribution >= 4 is 29.3 Å². The molecule has 4 nitrogen and oxygen atoms in total. The van der Waals surface area contributed by atoms with Crippen molar-refractivity contribution in [3.05, 3.63) is 65.7 Å². The number of rotatable bonds is 3. The smallest absolute Gasteiger partial charge is 0.255 e. The van der Waals surface area contributed by atoms with Crippen LogP contribution in [-0.4, -0.2) is 34.4 Å². The SMILES string of the molecule is Cc1ccccc1NC(=O)C1CSCN1C(=O)c1ccccc1. The summed E-state index contributed by atoms with van der Waals surface area (Å²) in [7, 11) is 0. The minimum Gasteiger partial charge on any atom is -0.324 e. The normalized spacial score (nSPS) is 17.1. The number of thioether (sulfide) groups is 1. The van der Waals surface area contributed by atoms with Crippen LogP contribution in [0.3, 0.4) is 0 Å². The predicted octanol–water partition coefficient (Wildman–Crippen LogP) is 3.15. The molecule has 2 aromatic rings. The molecule has 0 spiro atoms. The summed E-state index contributed by atoms with van der Waals surface area (Å²) >= 11 is 1.60. The topological polar surface area (TPSA) is 49.4 Å². The van der Waals surface area contributed by atoms with E-state index < -0.39 is 6.04 Å². The van der Waals surface area contributed by atoms with Crippen molar-refractivity contribution < 1.29 is 9.59 Å². The summed E-state index contributed by atoms with van der Waals surface area (Å²) < 4.78 is 0. The monoisotopic (exact) mass is 326 g/mol. The van der Waals surface area contributed by atoms with Crippen LogP contribution in [0.1, 0.15) is 15.9 Å². The number of carbonyl (C=O) groups is 2. The lowest BCUT2D eigenvalue weighted by molar-refractivity contribution is -0.119. The lowest BCUT2D eigenvalue weighted by Gasteiger charge is -2.23. The van der Waals surface area contributed by atoms with E-state index in [0.717, 1.165) is 11.3 Å². The summed E-state index contributed by atoms with van der Waals surface area (Å²) in [5.41, 5.74) is 2.41. The van der Waals surface area contributed by atoms with E-state index in [1.807, 2.05) is 49.4 Å². The van der Waals surface area contributed by atoms with Gasteiger partial charge in [0.15, 0.2) is 0 Å². The molecular formula is C18H18N2O2S. The van der Waals surface area contributed by atoms with E-state index in [1.54, 1.807) is 28.8 Å². The molecule has 1 unspecified atom stereocenters. The lowest BCUT2D eigenvalue weighted by atomic mass is 10.1. The Hall–Kier alpha value is -2.27. The van der Waals surface area contributed by atoms with Gasteiger partial charge in [-0.1, -0.05) is 36.4 Å². The summed E-state index contributed by atoms with van der Waals surface area (Å²) in [6, 6.07) is 16.3. The number of nitrogens with one attached hydrogen (secondary N) is 1. The average Bonchev–Trinajstić information content (AvgIpc) is 3.07. The van der Waals surface area contributed by atoms with Crippen LogP contribution in [0.25, 0.3) is 0 Å². The van der Waals surface area contributed by atoms with Gasteiger partial charge in [0.25, 0.3) is 5.91 Å². The second-order valence-corrected chi connectivity index (χ2v) is 6.46. The third kappa shape index (κ3) is 3.40. The molecule has 2 amide bonds. The highest BCUT2D eigenvalue weighted by Crippen LogP contribution is 2.25. The molecule has 0 radical (unpaired) electrons. The Morgan fingerprint density at radius 3 is 2.52 bits per heavy atom. The van der Waals surface area contributed by atoms with Crippen LogP contribution in [0.5, 0.6) is 0 Å². The van der Waals surface area contributed by atoms with Crippen molar-refractivity contribution in [2.45, 2.75) is 13.0 Å². The fourth-order valence-corrected chi connectivity index (χ4v) is 3.69. The minimum atomic E-state index is -0.438. The quantitative estimate of drug-likeness (QED) is 0.942. The van der Waals surface area contributed by atoms with Crippen molar-refractivity contribution in [1.29, 1.82) is 0 Å². The number of anilines is 1. The highest BCUT2D eigenvalue weighted by Gasteiger charge is 2.35. The van der Waals surface area contributed by atoms with E-state index in [1.165, 1.54) is 0 Å². The first kappa shape index (κ1) is 15.6. The van der Waals surface area contributed by atoms with Crippen molar-refractivity contribution in [2.24, 2.45) is 0 Å². The van der Waals surface area contributed by atoms with Gasteiger partial charge in [-0.3, -0.25) is 9.59 Å². The van der Waals surface area contributed by atoms with Crippen LogP contribution < -0.4 is 5.32 Å². The molecule has 0 aliphatic carbocycles. The number of amides is 2. The maximum absolute atomic E-state index is 12.6. The molecule has 1 N–H and O–H groups in total. The largest absolute Gasteiger partial charge is 0.324 e. The molecule has 0 aromatic heterocycles. The average molecular weight is 326 g/mol. The zero-order valence-corrected chi connectivity index (χ0v) is 13.7. The van der Waals surface area contributed by atoms with Crippen LogP contribution in [0.15, 0.2) is 54.6 Å². The van der Waals surface area contributed by atoms with Gasteiger partial charge in [-0.25, -0.2) is 0 Å². The lowest BCUT2D eigenvalue weighted by Crippen LogP contribution is -2.44. The maximum Gasteiger partial charge on any atom is 0.255 e. The molecule has 1 aliphatic rings. The first-order valence-corrected chi connectivity index (χ1v) is 8.62. The van der Waals surface area contributed by atoms with Crippen LogP contribution in [0, 0.1) is 6.92 Å². The van der Waals surface area contributed by atoms with E-state index in [0.29, 0.717) is 17.2 Å². The number of benzene rings is 2. The minimum absolute atomic E-state index is 0.0967. The molecule has 1 fully saturated rings. The number of nitrogens with zero attached hydrogens (tertiary/aromatic N) is 1. The second kappa shape index (κ2) is 6.87. The van der Waals surface area contributed by atoms with Crippen molar-refractivity contribution in [3.8, 4) is 0 Å². The Morgan fingerprint density at radius 1 is 1.09 bits per heavy atom. The van der Waals surface area contributed by atoms with Crippen LogP contribution in [0.2, 0.25) is 0 Å². The Labute approximate surface area is 139 Å². The zero-order valence-electron chi connectivity index (χ0n) is 12.9. The van der Waals surface area contributed by atoms with E-state index >= 15 is 0 Å². The summed E-state index contributed by atoms with van der Waals surface area (Å²) in [6.45, 7) is 1.95. The van der Waals surface area contributed by atoms with E-state index in [9.17, 15) is 9.59 Å². The molecule has 1 atom stereocenters. The molecule has 0 saturated carbocycles. The molecule has 3 rings (SSSR count). The Balaban J connectivity index is 1.75. The van der Waals surface area contributed by atoms with Gasteiger partial charge in [-0.2, -0.15) is 0 Å². The Morgan fingerprint density at radius 2 is 1.78 bits per heavy atom. The first-order chi connectivity index (χ1) is 11.2. The van der Waals surface area contributed by atoms with Gasteiger partial charge in [0, 0.05) is 17.0 Å². The van der Waals surface area contributed by atoms with Gasteiger partial charge in [0.2, 0.25) is 5.91 Å². The fourth-order valence-electron chi connectivity index (χ4n) is 2.54. The van der Waals surface area contributed by atoms with Gasteiger partial charge in [0.1, 0.15) is 6.04 Å². The van der Waals surface area contributed by atoms with Crippen molar-refractivity contribution in [3.63, 3.8) is 0 Å². The number of hydrogen-bond acceptors (Lipinski definition) is 3. The van der Waals surface area contributed by atoms with Crippen LogP contribution in [-0.2, 0) is 4.79 Å². The van der Waals surface area contributed by atoms with Crippen LogP contribution >= 0.6 is 11.8 Å². The summed E-state index contributed by atoms with van der Waals surface area (Å²) in [6.07, 6.45) is 0. The van der Waals surface area contributed by atoms with Gasteiger partial charge >= 0.3 is 0 Å². The second-order valence-electron chi connectivity index (χ2n) is 5.46. The number of carbonyl (C=O) groups excluding carboxylic acids is 2. The van der Waals surface area contributed by atoms with E-state index in [-0.39, 0.29) is 11.8 Å². The highest BCUT2D eigenvalue weighted by atomic mass is 32.2. The fraction of sp³-hybridized carbons (Fsp3) is 0.222. The number of para-hydroxylation sites is 1. The molecular weight excluding hydrogens is 308 g/mol. The summed E-state index contributed by atoms with van der Waals surface area (Å²) in [5, 5.41) is 2.94. The van der Waals surface area contributed by atoms with Gasteiger partial charge < -0.3 is 10.2 Å². The summed E-state index contributed by atoms with van der Waals surface area (Å²) in [5.74, 6) is 0.935. The Kier molecular flexibility index (Phi) is 4.67. The van der Waals surface area contributed by atoms with Crippen LogP contribution in [0.4, 0.5) is 5.69 Å². The zero-order chi connectivity index (χ0) is 16.2. The molecule has 118 valence electrons. The third-order valence-corrected chi connectivity index (χ3v) is 4.88. The van der Waals surface area contributed by atoms with Crippen molar-refractivity contribution in [2.75, 3.05) is 16.9 Å². The predicted molar refractivity (Wildman–Crippen MR) is 93.5 cm³/mol. The van der Waals surface area contributed by atoms with Gasteiger partial charge in [-0.05, 0) is 30.7 Å². The molecule has 1 heterocycles. The van der Waals surface area contributed by atoms with E-state index in [4.69, 9.17) is 0 Å². The van der Waals surface area contributed by atoms with Crippen molar-refractivity contribution in [1.82, 2.24) is 4.90 Å². The molecule has 1 aliphatic heterocycles. The Bertz CT molecular complexity index is 718. The summed E-state index contributed by atoms with van der Waals surface area (Å²) in [4.78, 5) is 26.9. The third-order valence-electron chi connectivity index (χ3n) is 3.87. The van der Waals surface area contributed by atoms with E-state index in [2.05, 4.69) is 5.32 Å². The van der Waals surface area contributed by atoms with Gasteiger partial charge in [0.05, 0.1) is 5.88 Å². The maximum atomic E-state index is 12.6. The molecule has 0 bridgehead atoms. The first-order valence-electron chi connectivity index (χ1n) is 7.47. The number of hydrogen-bond donors (Lipinski definition) is 1. The standard InChI is InChI=1S/C18H18N2O2S/c1-13-7-5-6-10-15(13)19-17(21)16-11-23-12-20(16)18(22)14-8-3-2-4-9-14/h2-10,16H,11-12H2,1H3,(H,19,21). The molecule has 5 heteroatoms.